The summed E-state index contributed by atoms with van der Waals surface area (Å²) in [6, 6.07) is 3.66. The molecule has 92 valence electrons. The quantitative estimate of drug-likeness (QED) is 0.806. The molecule has 0 N–H and O–H groups in total. The van der Waals surface area contributed by atoms with Crippen LogP contribution >= 0.6 is 11.6 Å². The molecule has 1 saturated heterocycles. The summed E-state index contributed by atoms with van der Waals surface area (Å²) in [6.07, 6.45) is 2.31. The molecule has 0 radical (unpaired) electrons. The van der Waals surface area contributed by atoms with Crippen molar-refractivity contribution in [3.05, 3.63) is 23.4 Å². The summed E-state index contributed by atoms with van der Waals surface area (Å²) in [5.74, 6) is 1.04. The Hall–Kier alpha value is -1.29. The Labute approximate surface area is 106 Å². The predicted octanol–water partition coefficient (Wildman–Crippen LogP) is 1.79. The van der Waals surface area contributed by atoms with Crippen LogP contribution in [0.25, 0.3) is 0 Å². The fourth-order valence-electron chi connectivity index (χ4n) is 2.00. The zero-order valence-electron chi connectivity index (χ0n) is 9.90. The summed E-state index contributed by atoms with van der Waals surface area (Å²) in [7, 11) is 0. The maximum atomic E-state index is 11.5. The van der Waals surface area contributed by atoms with Gasteiger partial charge in [-0.2, -0.15) is 0 Å². The van der Waals surface area contributed by atoms with Crippen LogP contribution in [-0.4, -0.2) is 42.0 Å². The number of amides is 1. The predicted molar refractivity (Wildman–Crippen MR) is 68.3 cm³/mol. The first-order valence-electron chi connectivity index (χ1n) is 5.85. The van der Waals surface area contributed by atoms with Crippen molar-refractivity contribution >= 4 is 23.3 Å². The van der Waals surface area contributed by atoms with E-state index >= 15 is 0 Å². The van der Waals surface area contributed by atoms with Crippen molar-refractivity contribution in [2.45, 2.75) is 13.3 Å². The third-order valence-electron chi connectivity index (χ3n) is 2.97. The van der Waals surface area contributed by atoms with Crippen LogP contribution in [0.15, 0.2) is 18.3 Å². The molecule has 0 spiro atoms. The first-order chi connectivity index (χ1) is 8.22. The van der Waals surface area contributed by atoms with E-state index in [1.165, 1.54) is 0 Å². The standard InChI is InChI=1S/C12H16ClN3O/c1-2-11(17)15-6-8-16(9-7-15)12-10(13)4-3-5-14-12/h3-5H,2,6-9H2,1H3. The number of halogens is 1. The van der Waals surface area contributed by atoms with Gasteiger partial charge < -0.3 is 9.80 Å². The lowest BCUT2D eigenvalue weighted by Crippen LogP contribution is -2.48. The fourth-order valence-corrected chi connectivity index (χ4v) is 2.24. The van der Waals surface area contributed by atoms with Crippen LogP contribution in [0.1, 0.15) is 13.3 Å². The topological polar surface area (TPSA) is 36.4 Å². The number of aromatic nitrogens is 1. The molecule has 1 aromatic heterocycles. The largest absolute Gasteiger partial charge is 0.352 e. The van der Waals surface area contributed by atoms with Gasteiger partial charge in [-0.15, -0.1) is 0 Å². The smallest absolute Gasteiger partial charge is 0.222 e. The van der Waals surface area contributed by atoms with Crippen LogP contribution in [0.3, 0.4) is 0 Å². The summed E-state index contributed by atoms with van der Waals surface area (Å²) < 4.78 is 0. The number of rotatable bonds is 2. The average molecular weight is 254 g/mol. The number of carbonyl (C=O) groups excluding carboxylic acids is 1. The van der Waals surface area contributed by atoms with E-state index in [4.69, 9.17) is 11.6 Å². The molecule has 0 unspecified atom stereocenters. The first kappa shape index (κ1) is 12.2. The van der Waals surface area contributed by atoms with Crippen LogP contribution in [0.2, 0.25) is 5.02 Å². The van der Waals surface area contributed by atoms with Gasteiger partial charge in [0.15, 0.2) is 0 Å². The molecular formula is C12H16ClN3O. The Morgan fingerprint density at radius 1 is 1.41 bits per heavy atom. The van der Waals surface area contributed by atoms with E-state index in [0.717, 1.165) is 32.0 Å². The highest BCUT2D eigenvalue weighted by atomic mass is 35.5. The van der Waals surface area contributed by atoms with Gasteiger partial charge in [0.2, 0.25) is 5.91 Å². The lowest BCUT2D eigenvalue weighted by atomic mass is 10.3. The van der Waals surface area contributed by atoms with Crippen molar-refractivity contribution in [2.75, 3.05) is 31.1 Å². The molecule has 5 heteroatoms. The molecule has 1 aliphatic heterocycles. The summed E-state index contributed by atoms with van der Waals surface area (Å²) in [6.45, 7) is 4.98. The molecule has 2 heterocycles. The number of nitrogens with zero attached hydrogens (tertiary/aromatic N) is 3. The summed E-state index contributed by atoms with van der Waals surface area (Å²) in [4.78, 5) is 19.8. The maximum Gasteiger partial charge on any atom is 0.222 e. The average Bonchev–Trinajstić information content (AvgIpc) is 2.39. The molecule has 0 aliphatic carbocycles. The number of anilines is 1. The van der Waals surface area contributed by atoms with E-state index in [1.54, 1.807) is 6.20 Å². The minimum absolute atomic E-state index is 0.219. The highest BCUT2D eigenvalue weighted by Gasteiger charge is 2.21. The van der Waals surface area contributed by atoms with E-state index < -0.39 is 0 Å². The highest BCUT2D eigenvalue weighted by molar-refractivity contribution is 6.32. The monoisotopic (exact) mass is 253 g/mol. The molecule has 0 atom stereocenters. The van der Waals surface area contributed by atoms with Crippen LogP contribution in [0.4, 0.5) is 5.82 Å². The Balaban J connectivity index is 2.00. The molecule has 0 saturated carbocycles. The Morgan fingerprint density at radius 2 is 2.12 bits per heavy atom. The van der Waals surface area contributed by atoms with Gasteiger partial charge in [-0.3, -0.25) is 4.79 Å². The van der Waals surface area contributed by atoms with Crippen molar-refractivity contribution in [1.29, 1.82) is 0 Å². The van der Waals surface area contributed by atoms with Crippen molar-refractivity contribution in [3.63, 3.8) is 0 Å². The van der Waals surface area contributed by atoms with Crippen LogP contribution in [-0.2, 0) is 4.79 Å². The molecular weight excluding hydrogens is 238 g/mol. The number of carbonyl (C=O) groups is 1. The molecule has 0 bridgehead atoms. The zero-order valence-corrected chi connectivity index (χ0v) is 10.7. The van der Waals surface area contributed by atoms with Crippen LogP contribution in [0.5, 0.6) is 0 Å². The SMILES string of the molecule is CCC(=O)N1CCN(c2ncccc2Cl)CC1. The molecule has 1 aromatic rings. The molecule has 0 aromatic carbocycles. The van der Waals surface area contributed by atoms with Gasteiger partial charge in [0.05, 0.1) is 5.02 Å². The first-order valence-corrected chi connectivity index (χ1v) is 6.23. The van der Waals surface area contributed by atoms with E-state index in [2.05, 4.69) is 9.88 Å². The fraction of sp³-hybridized carbons (Fsp3) is 0.500. The Bertz CT molecular complexity index is 402. The van der Waals surface area contributed by atoms with Gasteiger partial charge in [-0.1, -0.05) is 18.5 Å². The summed E-state index contributed by atoms with van der Waals surface area (Å²) in [5, 5.41) is 0.669. The second-order valence-corrected chi connectivity index (χ2v) is 4.44. The van der Waals surface area contributed by atoms with Gasteiger partial charge in [-0.05, 0) is 12.1 Å². The number of piperazine rings is 1. The highest BCUT2D eigenvalue weighted by Crippen LogP contribution is 2.23. The van der Waals surface area contributed by atoms with Gasteiger partial charge in [0.25, 0.3) is 0 Å². The van der Waals surface area contributed by atoms with Crippen molar-refractivity contribution in [3.8, 4) is 0 Å². The molecule has 2 rings (SSSR count). The second-order valence-electron chi connectivity index (χ2n) is 4.03. The normalized spacial score (nSPS) is 16.1. The molecule has 1 aliphatic rings. The van der Waals surface area contributed by atoms with Crippen LogP contribution in [0, 0.1) is 0 Å². The zero-order chi connectivity index (χ0) is 12.3. The lowest BCUT2D eigenvalue weighted by molar-refractivity contribution is -0.131. The minimum Gasteiger partial charge on any atom is -0.352 e. The van der Waals surface area contributed by atoms with Gasteiger partial charge in [0, 0.05) is 38.8 Å². The van der Waals surface area contributed by atoms with E-state index in [9.17, 15) is 4.79 Å². The number of hydrogen-bond donors (Lipinski definition) is 0. The lowest BCUT2D eigenvalue weighted by Gasteiger charge is -2.35. The van der Waals surface area contributed by atoms with Crippen molar-refractivity contribution in [2.24, 2.45) is 0 Å². The third kappa shape index (κ3) is 2.69. The maximum absolute atomic E-state index is 11.5. The van der Waals surface area contributed by atoms with Gasteiger partial charge in [-0.25, -0.2) is 4.98 Å². The van der Waals surface area contributed by atoms with Crippen molar-refractivity contribution < 1.29 is 4.79 Å². The van der Waals surface area contributed by atoms with Crippen LogP contribution < -0.4 is 4.90 Å². The van der Waals surface area contributed by atoms with E-state index in [1.807, 2.05) is 24.0 Å². The minimum atomic E-state index is 0.219. The van der Waals surface area contributed by atoms with Crippen molar-refractivity contribution in [1.82, 2.24) is 9.88 Å². The molecule has 4 nitrogen and oxygen atoms in total. The van der Waals surface area contributed by atoms with E-state index in [0.29, 0.717) is 11.4 Å². The number of pyridine rings is 1. The summed E-state index contributed by atoms with van der Waals surface area (Å²) in [5.41, 5.74) is 0. The molecule has 17 heavy (non-hydrogen) atoms. The third-order valence-corrected chi connectivity index (χ3v) is 3.27. The summed E-state index contributed by atoms with van der Waals surface area (Å²) >= 11 is 6.10. The van der Waals surface area contributed by atoms with Gasteiger partial charge >= 0.3 is 0 Å². The molecule has 1 amide bonds. The second kappa shape index (κ2) is 5.36. The van der Waals surface area contributed by atoms with Gasteiger partial charge in [0.1, 0.15) is 5.82 Å². The van der Waals surface area contributed by atoms with E-state index in [-0.39, 0.29) is 5.91 Å². The molecule has 1 fully saturated rings. The number of hydrogen-bond acceptors (Lipinski definition) is 3. The Morgan fingerprint density at radius 3 is 2.71 bits per heavy atom. The Kier molecular flexibility index (Phi) is 3.84.